The topological polar surface area (TPSA) is 80.6 Å². The number of aryl methyl sites for hydroxylation is 1. The molecule has 0 N–H and O–H groups in total. The van der Waals surface area contributed by atoms with E-state index in [9.17, 15) is 9.59 Å². The Labute approximate surface area is 190 Å². The van der Waals surface area contributed by atoms with Crippen molar-refractivity contribution in [2.75, 3.05) is 13.7 Å². The third-order valence-electron chi connectivity index (χ3n) is 5.14. The van der Waals surface area contributed by atoms with Gasteiger partial charge in [-0.2, -0.15) is 10.1 Å². The lowest BCUT2D eigenvalue weighted by molar-refractivity contribution is -0.137. The molecule has 0 saturated carbocycles. The summed E-state index contributed by atoms with van der Waals surface area (Å²) in [4.78, 5) is 28.6. The fourth-order valence-corrected chi connectivity index (χ4v) is 4.35. The summed E-state index contributed by atoms with van der Waals surface area (Å²) in [7, 11) is 1.63. The maximum atomic E-state index is 12.4. The number of esters is 1. The van der Waals surface area contributed by atoms with Crippen molar-refractivity contribution in [1.29, 1.82) is 0 Å². The molecule has 32 heavy (non-hydrogen) atoms. The fourth-order valence-electron chi connectivity index (χ4n) is 3.48. The van der Waals surface area contributed by atoms with Crippen LogP contribution in [0, 0.1) is 6.92 Å². The van der Waals surface area contributed by atoms with E-state index in [1.54, 1.807) is 19.0 Å². The van der Waals surface area contributed by atoms with E-state index in [0.717, 1.165) is 39.9 Å². The third-order valence-corrected chi connectivity index (χ3v) is 6.11. The molecule has 0 aromatic heterocycles. The number of thioether (sulfide) groups is 1. The van der Waals surface area contributed by atoms with Crippen molar-refractivity contribution in [3.05, 3.63) is 76.2 Å². The minimum absolute atomic E-state index is 0.117. The molecule has 0 bridgehead atoms. The molecule has 0 fully saturated rings. The first-order chi connectivity index (χ1) is 15.5. The summed E-state index contributed by atoms with van der Waals surface area (Å²) in [5.41, 5.74) is 4.10. The van der Waals surface area contributed by atoms with Gasteiger partial charge in [0.05, 0.1) is 30.4 Å². The van der Waals surface area contributed by atoms with Gasteiger partial charge in [-0.1, -0.05) is 29.8 Å². The van der Waals surface area contributed by atoms with E-state index in [0.29, 0.717) is 11.6 Å². The molecule has 2 aromatic rings. The van der Waals surface area contributed by atoms with Crippen LogP contribution in [0.5, 0.6) is 5.75 Å². The van der Waals surface area contributed by atoms with E-state index in [-0.39, 0.29) is 17.6 Å². The predicted octanol–water partition coefficient (Wildman–Crippen LogP) is 4.23. The molecule has 7 nitrogen and oxygen atoms in total. The van der Waals surface area contributed by atoms with Gasteiger partial charge in [0, 0.05) is 12.5 Å². The zero-order valence-electron chi connectivity index (χ0n) is 18.1. The van der Waals surface area contributed by atoms with E-state index in [1.807, 2.05) is 31.2 Å². The highest BCUT2D eigenvalue weighted by Crippen LogP contribution is 2.39. The van der Waals surface area contributed by atoms with Gasteiger partial charge in [0.15, 0.2) is 5.17 Å². The van der Waals surface area contributed by atoms with Crippen molar-refractivity contribution in [3.8, 4) is 5.75 Å². The fraction of sp³-hybridized carbons (Fsp3) is 0.250. The number of aliphatic imine (C=N–C) groups is 1. The number of amides is 1. The molecule has 2 heterocycles. The number of hydrogen-bond donors (Lipinski definition) is 0. The van der Waals surface area contributed by atoms with E-state index in [1.165, 1.54) is 6.08 Å². The Hall–Kier alpha value is -3.39. The number of methoxy groups -OCH3 is 1. The van der Waals surface area contributed by atoms with Crippen LogP contribution in [-0.2, 0) is 14.3 Å². The average molecular weight is 450 g/mol. The van der Waals surface area contributed by atoms with Crippen molar-refractivity contribution in [2.45, 2.75) is 26.3 Å². The molecule has 8 heteroatoms. The van der Waals surface area contributed by atoms with Crippen LogP contribution >= 0.6 is 11.8 Å². The Morgan fingerprint density at radius 2 is 1.91 bits per heavy atom. The van der Waals surface area contributed by atoms with Gasteiger partial charge < -0.3 is 9.47 Å². The first kappa shape index (κ1) is 21.8. The molecule has 1 unspecified atom stereocenters. The molecule has 164 valence electrons. The second-order valence-corrected chi connectivity index (χ2v) is 8.32. The van der Waals surface area contributed by atoms with Crippen molar-refractivity contribution in [2.24, 2.45) is 10.1 Å². The zero-order chi connectivity index (χ0) is 22.7. The monoisotopic (exact) mass is 449 g/mol. The number of benzene rings is 2. The van der Waals surface area contributed by atoms with Crippen LogP contribution in [0.2, 0.25) is 0 Å². The lowest BCUT2D eigenvalue weighted by Crippen LogP contribution is -2.23. The molecule has 0 spiro atoms. The normalized spacial score (nSPS) is 19.2. The van der Waals surface area contributed by atoms with E-state index < -0.39 is 11.9 Å². The van der Waals surface area contributed by atoms with Gasteiger partial charge in [0.1, 0.15) is 5.75 Å². The van der Waals surface area contributed by atoms with Gasteiger partial charge in [-0.25, -0.2) is 9.80 Å². The van der Waals surface area contributed by atoms with Crippen molar-refractivity contribution in [3.63, 3.8) is 0 Å². The largest absolute Gasteiger partial charge is 0.497 e. The molecule has 1 atom stereocenters. The Kier molecular flexibility index (Phi) is 6.41. The lowest BCUT2D eigenvalue weighted by atomic mass is 9.98. The summed E-state index contributed by atoms with van der Waals surface area (Å²) in [6.07, 6.45) is 1.85. The summed E-state index contributed by atoms with van der Waals surface area (Å²) in [5, 5.41) is 7.04. The van der Waals surface area contributed by atoms with E-state index >= 15 is 0 Å². The summed E-state index contributed by atoms with van der Waals surface area (Å²) < 4.78 is 10.2. The Morgan fingerprint density at radius 3 is 2.56 bits per heavy atom. The Morgan fingerprint density at radius 1 is 1.19 bits per heavy atom. The maximum Gasteiger partial charge on any atom is 0.332 e. The molecule has 2 aromatic carbocycles. The average Bonchev–Trinajstić information content (AvgIpc) is 3.39. The molecule has 0 aliphatic carbocycles. The van der Waals surface area contributed by atoms with Gasteiger partial charge in [-0.15, -0.1) is 0 Å². The van der Waals surface area contributed by atoms with Crippen LogP contribution in [0.15, 0.2) is 69.6 Å². The Balaban J connectivity index is 1.66. The Bertz CT molecular complexity index is 1120. The molecule has 1 amide bonds. The molecule has 2 aliphatic rings. The van der Waals surface area contributed by atoms with Gasteiger partial charge in [0.25, 0.3) is 5.91 Å². The predicted molar refractivity (Wildman–Crippen MR) is 125 cm³/mol. The number of carbonyl (C=O) groups excluding carboxylic acids is 2. The number of hydrogen-bond acceptors (Lipinski definition) is 7. The smallest absolute Gasteiger partial charge is 0.332 e. The molecule has 2 aliphatic heterocycles. The molecular weight excluding hydrogens is 426 g/mol. The van der Waals surface area contributed by atoms with Crippen LogP contribution < -0.4 is 4.74 Å². The minimum Gasteiger partial charge on any atom is -0.497 e. The quantitative estimate of drug-likeness (QED) is 0.502. The first-order valence-electron chi connectivity index (χ1n) is 10.3. The highest BCUT2D eigenvalue weighted by molar-refractivity contribution is 8.18. The SMILES string of the molecule is CCOC(=O)C=C1SC(N2N=C(c3ccc(OC)cc3)CC2c2ccc(C)cc2)=NC1=O. The molecular formula is C24H23N3O4S. The highest BCUT2D eigenvalue weighted by atomic mass is 32.2. The number of hydrazone groups is 1. The van der Waals surface area contributed by atoms with Crippen LogP contribution in [0.25, 0.3) is 0 Å². The van der Waals surface area contributed by atoms with Gasteiger partial charge in [-0.05, 0) is 61.0 Å². The van der Waals surface area contributed by atoms with Crippen molar-refractivity contribution in [1.82, 2.24) is 5.01 Å². The summed E-state index contributed by atoms with van der Waals surface area (Å²) in [5.74, 6) is -0.248. The van der Waals surface area contributed by atoms with Crippen LogP contribution in [-0.4, -0.2) is 41.5 Å². The summed E-state index contributed by atoms with van der Waals surface area (Å²) in [6.45, 7) is 4.00. The minimum atomic E-state index is -0.557. The van der Waals surface area contributed by atoms with E-state index in [4.69, 9.17) is 14.6 Å². The second kappa shape index (κ2) is 9.40. The third kappa shape index (κ3) is 4.60. The lowest BCUT2D eigenvalue weighted by Gasteiger charge is -2.22. The van der Waals surface area contributed by atoms with Crippen molar-refractivity contribution < 1.29 is 19.1 Å². The standard InChI is InChI=1S/C24H23N3O4S/c1-4-31-22(28)14-21-23(29)25-24(32-21)27-20(17-7-5-15(2)6-8-17)13-19(26-27)16-9-11-18(30-3)12-10-16/h5-12,14,20H,4,13H2,1-3H3. The van der Waals surface area contributed by atoms with Crippen LogP contribution in [0.3, 0.4) is 0 Å². The number of amidine groups is 1. The second-order valence-electron chi connectivity index (χ2n) is 7.31. The first-order valence-corrected chi connectivity index (χ1v) is 11.1. The molecule has 0 saturated heterocycles. The van der Waals surface area contributed by atoms with E-state index in [2.05, 4.69) is 29.3 Å². The maximum absolute atomic E-state index is 12.4. The number of rotatable bonds is 5. The van der Waals surface area contributed by atoms with Crippen molar-refractivity contribution >= 4 is 34.5 Å². The van der Waals surface area contributed by atoms with Gasteiger partial charge in [-0.3, -0.25) is 4.79 Å². The summed E-state index contributed by atoms with van der Waals surface area (Å²) in [6, 6.07) is 15.9. The van der Waals surface area contributed by atoms with Crippen LogP contribution in [0.4, 0.5) is 0 Å². The highest BCUT2D eigenvalue weighted by Gasteiger charge is 2.36. The number of carbonyl (C=O) groups is 2. The van der Waals surface area contributed by atoms with Gasteiger partial charge in [0.2, 0.25) is 0 Å². The van der Waals surface area contributed by atoms with Crippen LogP contribution in [0.1, 0.15) is 36.1 Å². The number of nitrogens with zero attached hydrogens (tertiary/aromatic N) is 3. The molecule has 4 rings (SSSR count). The molecule has 0 radical (unpaired) electrons. The zero-order valence-corrected chi connectivity index (χ0v) is 18.9. The van der Waals surface area contributed by atoms with Gasteiger partial charge >= 0.3 is 5.97 Å². The summed E-state index contributed by atoms with van der Waals surface area (Å²) >= 11 is 1.13. The number of ether oxygens (including phenoxy) is 2.